The minimum absolute atomic E-state index is 0.311. The molecule has 5 heteroatoms. The Morgan fingerprint density at radius 1 is 1.20 bits per heavy atom. The fraction of sp³-hybridized carbons (Fsp3) is 0.400. The summed E-state index contributed by atoms with van der Waals surface area (Å²) in [5.74, 6) is -0.311. The largest absolute Gasteiger partial charge is 0.463 e. The molecule has 110 valence electrons. The van der Waals surface area contributed by atoms with Gasteiger partial charge in [-0.15, -0.1) is 0 Å². The predicted octanol–water partition coefficient (Wildman–Crippen LogP) is 2.14. The van der Waals surface area contributed by atoms with E-state index in [4.69, 9.17) is 13.6 Å². The molecule has 0 spiro atoms. The molecule has 0 atom stereocenters. The summed E-state index contributed by atoms with van der Waals surface area (Å²) in [4.78, 5) is 11.2. The number of benzene rings is 1. The summed E-state index contributed by atoms with van der Waals surface area (Å²) in [5, 5.41) is 1.09. The zero-order chi connectivity index (χ0) is 14.8. The van der Waals surface area contributed by atoms with Crippen molar-refractivity contribution in [3.63, 3.8) is 0 Å². The van der Waals surface area contributed by atoms with E-state index in [-0.39, 0.29) is 5.97 Å². The van der Waals surface area contributed by atoms with E-state index in [0.717, 1.165) is 11.2 Å². The van der Waals surface area contributed by atoms with Crippen LogP contribution in [0.15, 0.2) is 42.5 Å². The van der Waals surface area contributed by atoms with Crippen LogP contribution in [-0.4, -0.2) is 35.4 Å². The molecule has 0 saturated carbocycles. The van der Waals surface area contributed by atoms with E-state index >= 15 is 0 Å². The average molecular weight is 294 g/mol. The second kappa shape index (κ2) is 8.68. The van der Waals surface area contributed by atoms with Gasteiger partial charge in [-0.1, -0.05) is 36.4 Å². The quantitative estimate of drug-likeness (QED) is 0.319. The Labute approximate surface area is 121 Å². The number of hydrogen-bond donors (Lipinski definition) is 0. The summed E-state index contributed by atoms with van der Waals surface area (Å²) in [6.07, 6.45) is 3.79. The average Bonchev–Trinajstić information content (AvgIpc) is 2.49. The SMILES string of the molecule is CC=CC(=O)OCCC[Si](OC)(OC)c1ccccc1. The maximum absolute atomic E-state index is 11.2. The van der Waals surface area contributed by atoms with Crippen molar-refractivity contribution in [1.82, 2.24) is 0 Å². The molecule has 0 unspecified atom stereocenters. The maximum Gasteiger partial charge on any atom is 0.372 e. The normalized spacial score (nSPS) is 11.8. The van der Waals surface area contributed by atoms with Gasteiger partial charge in [-0.2, -0.15) is 0 Å². The molecule has 0 N–H and O–H groups in total. The second-order valence-corrected chi connectivity index (χ2v) is 7.70. The maximum atomic E-state index is 11.2. The Kier molecular flexibility index (Phi) is 7.21. The summed E-state index contributed by atoms with van der Waals surface area (Å²) < 4.78 is 16.5. The molecular weight excluding hydrogens is 272 g/mol. The van der Waals surface area contributed by atoms with Crippen LogP contribution in [0, 0.1) is 0 Å². The molecule has 0 aliphatic rings. The Morgan fingerprint density at radius 2 is 1.85 bits per heavy atom. The van der Waals surface area contributed by atoms with Crippen molar-refractivity contribution in [3.8, 4) is 0 Å². The molecule has 0 aliphatic carbocycles. The fourth-order valence-corrected chi connectivity index (χ4v) is 4.67. The molecule has 0 amide bonds. The molecule has 1 aromatic rings. The molecule has 4 nitrogen and oxygen atoms in total. The van der Waals surface area contributed by atoms with Crippen LogP contribution in [0.5, 0.6) is 0 Å². The molecule has 0 aromatic heterocycles. The minimum Gasteiger partial charge on any atom is -0.463 e. The Morgan fingerprint density at radius 3 is 2.40 bits per heavy atom. The van der Waals surface area contributed by atoms with Gasteiger partial charge in [0.15, 0.2) is 0 Å². The van der Waals surface area contributed by atoms with Crippen LogP contribution in [-0.2, 0) is 18.4 Å². The lowest BCUT2D eigenvalue weighted by Gasteiger charge is -2.27. The van der Waals surface area contributed by atoms with Gasteiger partial charge in [-0.25, -0.2) is 4.79 Å². The molecule has 0 saturated heterocycles. The van der Waals surface area contributed by atoms with Crippen LogP contribution in [0.3, 0.4) is 0 Å². The van der Waals surface area contributed by atoms with Gasteiger partial charge in [0.2, 0.25) is 0 Å². The number of hydrogen-bond acceptors (Lipinski definition) is 4. The summed E-state index contributed by atoms with van der Waals surface area (Å²) >= 11 is 0. The molecule has 1 aromatic carbocycles. The van der Waals surface area contributed by atoms with Crippen molar-refractivity contribution >= 4 is 19.7 Å². The van der Waals surface area contributed by atoms with Crippen molar-refractivity contribution < 1.29 is 18.4 Å². The Balaban J connectivity index is 2.58. The highest BCUT2D eigenvalue weighted by Gasteiger charge is 2.37. The number of carbonyl (C=O) groups excluding carboxylic acids is 1. The van der Waals surface area contributed by atoms with E-state index in [1.54, 1.807) is 27.2 Å². The van der Waals surface area contributed by atoms with E-state index in [2.05, 4.69) is 0 Å². The van der Waals surface area contributed by atoms with Crippen LogP contribution in [0.2, 0.25) is 6.04 Å². The molecule has 0 heterocycles. The summed E-state index contributed by atoms with van der Waals surface area (Å²) in [6.45, 7) is 2.15. The first-order valence-electron chi connectivity index (χ1n) is 6.64. The van der Waals surface area contributed by atoms with Gasteiger partial charge in [-0.3, -0.25) is 0 Å². The van der Waals surface area contributed by atoms with Crippen molar-refractivity contribution in [2.75, 3.05) is 20.8 Å². The Hall–Kier alpha value is -1.43. The van der Waals surface area contributed by atoms with Crippen molar-refractivity contribution in [1.29, 1.82) is 0 Å². The number of esters is 1. The van der Waals surface area contributed by atoms with Crippen LogP contribution in [0.4, 0.5) is 0 Å². The zero-order valence-electron chi connectivity index (χ0n) is 12.3. The van der Waals surface area contributed by atoms with Gasteiger partial charge < -0.3 is 13.6 Å². The lowest BCUT2D eigenvalue weighted by atomic mass is 10.4. The minimum atomic E-state index is -2.42. The second-order valence-electron chi connectivity index (χ2n) is 4.30. The van der Waals surface area contributed by atoms with Crippen LogP contribution in [0.1, 0.15) is 13.3 Å². The topological polar surface area (TPSA) is 44.8 Å². The number of carbonyl (C=O) groups is 1. The molecule has 1 rings (SSSR count). The summed E-state index contributed by atoms with van der Waals surface area (Å²) in [7, 11) is 0.931. The number of allylic oxidation sites excluding steroid dienone is 1. The van der Waals surface area contributed by atoms with Crippen LogP contribution < -0.4 is 5.19 Å². The smallest absolute Gasteiger partial charge is 0.372 e. The van der Waals surface area contributed by atoms with E-state index < -0.39 is 8.56 Å². The first-order valence-corrected chi connectivity index (χ1v) is 8.66. The van der Waals surface area contributed by atoms with Gasteiger partial charge in [-0.05, 0) is 24.6 Å². The Bertz CT molecular complexity index is 427. The van der Waals surface area contributed by atoms with Gasteiger partial charge >= 0.3 is 14.5 Å². The molecule has 0 bridgehead atoms. The molecule has 20 heavy (non-hydrogen) atoms. The fourth-order valence-electron chi connectivity index (χ4n) is 2.02. The summed E-state index contributed by atoms with van der Waals surface area (Å²) in [5.41, 5.74) is 0. The van der Waals surface area contributed by atoms with E-state index in [1.165, 1.54) is 6.08 Å². The lowest BCUT2D eigenvalue weighted by Crippen LogP contribution is -2.52. The first-order chi connectivity index (χ1) is 9.68. The number of rotatable bonds is 8. The van der Waals surface area contributed by atoms with E-state index in [1.807, 2.05) is 30.3 Å². The third-order valence-electron chi connectivity index (χ3n) is 3.07. The van der Waals surface area contributed by atoms with Gasteiger partial charge in [0.1, 0.15) is 0 Å². The lowest BCUT2D eigenvalue weighted by molar-refractivity contribution is -0.137. The highest BCUT2D eigenvalue weighted by molar-refractivity contribution is 6.81. The van der Waals surface area contributed by atoms with Crippen LogP contribution >= 0.6 is 0 Å². The predicted molar refractivity (Wildman–Crippen MR) is 81.0 cm³/mol. The van der Waals surface area contributed by atoms with E-state index in [9.17, 15) is 4.79 Å². The third-order valence-corrected chi connectivity index (χ3v) is 6.61. The number of ether oxygens (including phenoxy) is 1. The summed E-state index contributed by atoms with van der Waals surface area (Å²) in [6, 6.07) is 10.7. The van der Waals surface area contributed by atoms with Gasteiger partial charge in [0.05, 0.1) is 6.61 Å². The highest BCUT2D eigenvalue weighted by atomic mass is 28.4. The van der Waals surface area contributed by atoms with Crippen LogP contribution in [0.25, 0.3) is 0 Å². The molecular formula is C15H22O4Si. The standard InChI is InChI=1S/C15H22O4Si/c1-4-9-15(16)19-12-8-13-20(17-2,18-3)14-10-6-5-7-11-14/h4-7,9-11H,8,12-13H2,1-3H3. The van der Waals surface area contributed by atoms with Crippen molar-refractivity contribution in [3.05, 3.63) is 42.5 Å². The van der Waals surface area contributed by atoms with Crippen molar-refractivity contribution in [2.24, 2.45) is 0 Å². The molecule has 0 fully saturated rings. The van der Waals surface area contributed by atoms with Gasteiger partial charge in [0, 0.05) is 20.3 Å². The zero-order valence-corrected chi connectivity index (χ0v) is 13.3. The first kappa shape index (κ1) is 16.6. The molecule has 0 aliphatic heterocycles. The third kappa shape index (κ3) is 4.59. The molecule has 0 radical (unpaired) electrons. The van der Waals surface area contributed by atoms with Crippen molar-refractivity contribution in [2.45, 2.75) is 19.4 Å². The monoisotopic (exact) mass is 294 g/mol. The van der Waals surface area contributed by atoms with E-state index in [0.29, 0.717) is 13.0 Å². The van der Waals surface area contributed by atoms with Gasteiger partial charge in [0.25, 0.3) is 0 Å². The highest BCUT2D eigenvalue weighted by Crippen LogP contribution is 2.15.